The fourth-order valence-electron chi connectivity index (χ4n) is 3.35. The zero-order valence-corrected chi connectivity index (χ0v) is 16.4. The number of ketones is 1. The topological polar surface area (TPSA) is 80.3 Å². The Balaban J connectivity index is 1.37. The maximum absolute atomic E-state index is 12.7. The molecule has 0 atom stereocenters. The molecule has 31 heavy (non-hydrogen) atoms. The lowest BCUT2D eigenvalue weighted by atomic mass is 10.1. The molecule has 2 heterocycles. The quantitative estimate of drug-likeness (QED) is 0.357. The third kappa shape index (κ3) is 3.46. The normalized spacial score (nSPS) is 14.9. The standard InChI is InChI=1S/C24H16O7/c1-27-18-5-3-2-4-14(18)10-22-23(25)17-8-7-16(12-20(17)31-22)30-24(26)15-6-9-19-21(11-15)29-13-28-19/h2-12H,13H2,1H3/b22-10-. The predicted octanol–water partition coefficient (Wildman–Crippen LogP) is 4.26. The summed E-state index contributed by atoms with van der Waals surface area (Å²) < 4.78 is 27.0. The summed E-state index contributed by atoms with van der Waals surface area (Å²) in [5.74, 6) is 1.62. The SMILES string of the molecule is COc1ccccc1/C=C1\Oc2cc(OC(=O)c3ccc4c(c3)OCO4)ccc2C1=O. The molecule has 0 saturated heterocycles. The Morgan fingerprint density at radius 3 is 2.68 bits per heavy atom. The van der Waals surface area contributed by atoms with Crippen LogP contribution in [0.4, 0.5) is 0 Å². The number of hydrogen-bond acceptors (Lipinski definition) is 7. The van der Waals surface area contributed by atoms with E-state index in [0.29, 0.717) is 34.1 Å². The second-order valence-corrected chi connectivity index (χ2v) is 6.80. The minimum atomic E-state index is -0.563. The number of carbonyl (C=O) groups excluding carboxylic acids is 2. The molecule has 0 aliphatic carbocycles. The van der Waals surface area contributed by atoms with Crippen LogP contribution in [0.15, 0.2) is 66.4 Å². The first-order valence-electron chi connectivity index (χ1n) is 9.45. The van der Waals surface area contributed by atoms with Gasteiger partial charge < -0.3 is 23.7 Å². The second-order valence-electron chi connectivity index (χ2n) is 6.80. The third-order valence-electron chi connectivity index (χ3n) is 4.89. The van der Waals surface area contributed by atoms with Gasteiger partial charge in [-0.05, 0) is 42.5 Å². The summed E-state index contributed by atoms with van der Waals surface area (Å²) in [5, 5.41) is 0. The van der Waals surface area contributed by atoms with Gasteiger partial charge in [0, 0.05) is 11.6 Å². The van der Waals surface area contributed by atoms with E-state index >= 15 is 0 Å². The van der Waals surface area contributed by atoms with Gasteiger partial charge in [0.1, 0.15) is 17.2 Å². The highest BCUT2D eigenvalue weighted by Crippen LogP contribution is 2.36. The van der Waals surface area contributed by atoms with Crippen molar-refractivity contribution in [2.24, 2.45) is 0 Å². The number of benzene rings is 3. The average molecular weight is 416 g/mol. The number of fused-ring (bicyclic) bond motifs is 2. The first-order valence-corrected chi connectivity index (χ1v) is 9.45. The van der Waals surface area contributed by atoms with Crippen molar-refractivity contribution in [2.75, 3.05) is 13.9 Å². The Hall–Kier alpha value is -4.26. The number of esters is 1. The summed E-state index contributed by atoms with van der Waals surface area (Å²) in [5.41, 5.74) is 1.43. The summed E-state index contributed by atoms with van der Waals surface area (Å²) in [6, 6.07) is 16.8. The molecule has 0 unspecified atom stereocenters. The van der Waals surface area contributed by atoms with Crippen molar-refractivity contribution in [3.05, 3.63) is 83.1 Å². The van der Waals surface area contributed by atoms with Crippen LogP contribution in [-0.4, -0.2) is 25.7 Å². The summed E-state index contributed by atoms with van der Waals surface area (Å²) in [7, 11) is 1.56. The molecule has 0 radical (unpaired) electrons. The maximum atomic E-state index is 12.7. The van der Waals surface area contributed by atoms with Crippen LogP contribution in [0.1, 0.15) is 26.3 Å². The fraction of sp³-hybridized carbons (Fsp3) is 0.0833. The van der Waals surface area contributed by atoms with Crippen LogP contribution in [0.5, 0.6) is 28.7 Å². The van der Waals surface area contributed by atoms with E-state index in [1.165, 1.54) is 6.07 Å². The largest absolute Gasteiger partial charge is 0.496 e. The van der Waals surface area contributed by atoms with Crippen molar-refractivity contribution in [1.29, 1.82) is 0 Å². The average Bonchev–Trinajstić information content (AvgIpc) is 3.38. The molecule has 154 valence electrons. The summed E-state index contributed by atoms with van der Waals surface area (Å²) in [6.07, 6.45) is 1.62. The molecular weight excluding hydrogens is 400 g/mol. The van der Waals surface area contributed by atoms with Crippen molar-refractivity contribution in [3.8, 4) is 28.7 Å². The number of Topliss-reactive ketones (excluding diaryl/α,β-unsaturated/α-hetero) is 1. The van der Waals surface area contributed by atoms with Crippen LogP contribution >= 0.6 is 0 Å². The Kier molecular flexibility index (Phi) is 4.55. The molecule has 7 heteroatoms. The molecular formula is C24H16O7. The van der Waals surface area contributed by atoms with E-state index in [-0.39, 0.29) is 24.1 Å². The number of methoxy groups -OCH3 is 1. The van der Waals surface area contributed by atoms with Crippen molar-refractivity contribution in [3.63, 3.8) is 0 Å². The van der Waals surface area contributed by atoms with Crippen LogP contribution in [0.25, 0.3) is 6.08 Å². The van der Waals surface area contributed by atoms with E-state index in [2.05, 4.69) is 0 Å². The molecule has 3 aromatic carbocycles. The molecule has 0 bridgehead atoms. The zero-order chi connectivity index (χ0) is 21.4. The number of carbonyl (C=O) groups is 2. The van der Waals surface area contributed by atoms with E-state index in [0.717, 1.165) is 5.56 Å². The highest BCUT2D eigenvalue weighted by molar-refractivity contribution is 6.14. The van der Waals surface area contributed by atoms with Gasteiger partial charge in [-0.3, -0.25) is 4.79 Å². The van der Waals surface area contributed by atoms with Gasteiger partial charge in [-0.2, -0.15) is 0 Å². The van der Waals surface area contributed by atoms with E-state index in [1.807, 2.05) is 18.2 Å². The first kappa shape index (κ1) is 18.7. The summed E-state index contributed by atoms with van der Waals surface area (Å²) in [4.78, 5) is 25.2. The molecule has 2 aliphatic rings. The molecule has 0 N–H and O–H groups in total. The minimum absolute atomic E-state index is 0.120. The van der Waals surface area contributed by atoms with Crippen LogP contribution in [0, 0.1) is 0 Å². The molecule has 0 saturated carbocycles. The van der Waals surface area contributed by atoms with Gasteiger partial charge in [0.15, 0.2) is 17.3 Å². The van der Waals surface area contributed by atoms with E-state index < -0.39 is 5.97 Å². The zero-order valence-electron chi connectivity index (χ0n) is 16.4. The Morgan fingerprint density at radius 1 is 0.968 bits per heavy atom. The van der Waals surface area contributed by atoms with Crippen molar-refractivity contribution in [1.82, 2.24) is 0 Å². The first-order chi connectivity index (χ1) is 15.1. The van der Waals surface area contributed by atoms with Crippen LogP contribution in [-0.2, 0) is 0 Å². The Labute approximate surface area is 177 Å². The van der Waals surface area contributed by atoms with Crippen LogP contribution in [0.2, 0.25) is 0 Å². The number of allylic oxidation sites excluding steroid dienone is 1. The molecule has 2 aliphatic heterocycles. The molecule has 5 rings (SSSR count). The number of para-hydroxylation sites is 1. The van der Waals surface area contributed by atoms with Gasteiger partial charge in [0.05, 0.1) is 18.2 Å². The molecule has 0 amide bonds. The molecule has 0 fully saturated rings. The molecule has 3 aromatic rings. The smallest absolute Gasteiger partial charge is 0.343 e. The summed E-state index contributed by atoms with van der Waals surface area (Å²) in [6.45, 7) is 0.120. The van der Waals surface area contributed by atoms with Gasteiger partial charge in [-0.15, -0.1) is 0 Å². The van der Waals surface area contributed by atoms with Crippen LogP contribution < -0.4 is 23.7 Å². The predicted molar refractivity (Wildman–Crippen MR) is 110 cm³/mol. The number of hydrogen-bond donors (Lipinski definition) is 0. The lowest BCUT2D eigenvalue weighted by Crippen LogP contribution is -2.08. The van der Waals surface area contributed by atoms with Crippen molar-refractivity contribution >= 4 is 17.8 Å². The highest BCUT2D eigenvalue weighted by Gasteiger charge is 2.28. The minimum Gasteiger partial charge on any atom is -0.496 e. The Bertz CT molecular complexity index is 1240. The molecule has 7 nitrogen and oxygen atoms in total. The fourth-order valence-corrected chi connectivity index (χ4v) is 3.35. The van der Waals surface area contributed by atoms with Gasteiger partial charge >= 0.3 is 5.97 Å². The second kappa shape index (κ2) is 7.53. The monoisotopic (exact) mass is 416 g/mol. The van der Waals surface area contributed by atoms with Gasteiger partial charge in [-0.25, -0.2) is 4.79 Å². The summed E-state index contributed by atoms with van der Waals surface area (Å²) >= 11 is 0. The maximum Gasteiger partial charge on any atom is 0.343 e. The van der Waals surface area contributed by atoms with E-state index in [9.17, 15) is 9.59 Å². The highest BCUT2D eigenvalue weighted by atomic mass is 16.7. The van der Waals surface area contributed by atoms with Crippen molar-refractivity contribution < 1.29 is 33.3 Å². The molecule has 0 spiro atoms. The van der Waals surface area contributed by atoms with Crippen LogP contribution in [0.3, 0.4) is 0 Å². The number of rotatable bonds is 4. The Morgan fingerprint density at radius 2 is 1.81 bits per heavy atom. The van der Waals surface area contributed by atoms with E-state index in [1.54, 1.807) is 49.6 Å². The van der Waals surface area contributed by atoms with Gasteiger partial charge in [-0.1, -0.05) is 18.2 Å². The van der Waals surface area contributed by atoms with E-state index in [4.69, 9.17) is 23.7 Å². The van der Waals surface area contributed by atoms with Gasteiger partial charge in [0.2, 0.25) is 12.6 Å². The number of ether oxygens (including phenoxy) is 5. The lowest BCUT2D eigenvalue weighted by molar-refractivity contribution is 0.0734. The van der Waals surface area contributed by atoms with Crippen molar-refractivity contribution in [2.45, 2.75) is 0 Å². The molecule has 0 aromatic heterocycles. The lowest BCUT2D eigenvalue weighted by Gasteiger charge is -2.06. The van der Waals surface area contributed by atoms with Gasteiger partial charge in [0.25, 0.3) is 0 Å². The third-order valence-corrected chi connectivity index (χ3v) is 4.89.